The van der Waals surface area contributed by atoms with Gasteiger partial charge in [-0.15, -0.1) is 12.4 Å². The molecule has 0 aromatic heterocycles. The predicted octanol–water partition coefficient (Wildman–Crippen LogP) is 0.430. The molecule has 1 aliphatic heterocycles. The highest BCUT2D eigenvalue weighted by Crippen LogP contribution is 2.14. The first kappa shape index (κ1) is 18.2. The van der Waals surface area contributed by atoms with Gasteiger partial charge in [-0.3, -0.25) is 4.90 Å². The average Bonchev–Trinajstić information content (AvgIpc) is 2.67. The van der Waals surface area contributed by atoms with E-state index < -0.39 is 10.0 Å². The number of sulfonamides is 1. The topological polar surface area (TPSA) is 84.7 Å². The molecule has 0 amide bonds. The molecule has 3 N–H and O–H groups in total. The van der Waals surface area contributed by atoms with Gasteiger partial charge in [0.25, 0.3) is 0 Å². The van der Waals surface area contributed by atoms with E-state index in [2.05, 4.69) is 10.2 Å². The van der Waals surface area contributed by atoms with Crippen LogP contribution in [0.1, 0.15) is 6.42 Å². The fourth-order valence-electron chi connectivity index (χ4n) is 2.14. The van der Waals surface area contributed by atoms with Crippen LogP contribution in [0.15, 0.2) is 29.2 Å². The van der Waals surface area contributed by atoms with E-state index in [0.717, 1.165) is 39.1 Å². The van der Waals surface area contributed by atoms with Crippen LogP contribution in [0.2, 0.25) is 0 Å². The van der Waals surface area contributed by atoms with Crippen LogP contribution in [0.25, 0.3) is 0 Å². The summed E-state index contributed by atoms with van der Waals surface area (Å²) in [6.45, 7) is 5.68. The molecule has 120 valence electrons. The Morgan fingerprint density at radius 1 is 1.19 bits per heavy atom. The summed E-state index contributed by atoms with van der Waals surface area (Å²) in [4.78, 5) is 2.46. The molecule has 1 heterocycles. The summed E-state index contributed by atoms with van der Waals surface area (Å²) in [7, 11) is -3.63. The molecule has 2 rings (SSSR count). The number of hydrogen-bond acceptors (Lipinski definition) is 5. The largest absolute Gasteiger partial charge is 0.492 e. The van der Waals surface area contributed by atoms with Crippen LogP contribution in [0.4, 0.5) is 0 Å². The second kappa shape index (κ2) is 8.55. The van der Waals surface area contributed by atoms with E-state index >= 15 is 0 Å². The van der Waals surface area contributed by atoms with Gasteiger partial charge in [0.05, 0.1) is 4.90 Å². The van der Waals surface area contributed by atoms with E-state index in [1.807, 2.05) is 0 Å². The van der Waals surface area contributed by atoms with Gasteiger partial charge < -0.3 is 10.1 Å². The number of rotatable bonds is 5. The zero-order valence-electron chi connectivity index (χ0n) is 11.8. The fraction of sp³-hybridized carbons (Fsp3) is 0.538. The summed E-state index contributed by atoms with van der Waals surface area (Å²) in [6, 6.07) is 6.18. The maximum Gasteiger partial charge on any atom is 0.238 e. The molecule has 0 aliphatic carbocycles. The Labute approximate surface area is 132 Å². The molecule has 1 aliphatic rings. The summed E-state index contributed by atoms with van der Waals surface area (Å²) < 4.78 is 27.9. The van der Waals surface area contributed by atoms with E-state index in [-0.39, 0.29) is 17.3 Å². The van der Waals surface area contributed by atoms with Crippen molar-refractivity contribution in [1.82, 2.24) is 10.2 Å². The molecule has 0 spiro atoms. The van der Waals surface area contributed by atoms with Gasteiger partial charge in [-0.2, -0.15) is 0 Å². The van der Waals surface area contributed by atoms with Gasteiger partial charge in [-0.25, -0.2) is 13.6 Å². The van der Waals surface area contributed by atoms with Crippen LogP contribution >= 0.6 is 12.4 Å². The first-order chi connectivity index (χ1) is 9.55. The van der Waals surface area contributed by atoms with Gasteiger partial charge in [0.15, 0.2) is 0 Å². The summed E-state index contributed by atoms with van der Waals surface area (Å²) in [6.07, 6.45) is 1.16. The third-order valence-electron chi connectivity index (χ3n) is 3.26. The summed E-state index contributed by atoms with van der Waals surface area (Å²) >= 11 is 0. The van der Waals surface area contributed by atoms with Crippen molar-refractivity contribution in [2.45, 2.75) is 11.3 Å². The summed E-state index contributed by atoms with van der Waals surface area (Å²) in [5.41, 5.74) is 0. The summed E-state index contributed by atoms with van der Waals surface area (Å²) in [5, 5.41) is 8.39. The van der Waals surface area contributed by atoms with Crippen molar-refractivity contribution >= 4 is 22.4 Å². The monoisotopic (exact) mass is 335 g/mol. The number of primary sulfonamides is 1. The van der Waals surface area contributed by atoms with Gasteiger partial charge in [0.1, 0.15) is 12.4 Å². The molecule has 8 heteroatoms. The number of nitrogens with two attached hydrogens (primary N) is 1. The van der Waals surface area contributed by atoms with Gasteiger partial charge in [0, 0.05) is 19.6 Å². The Morgan fingerprint density at radius 2 is 1.90 bits per heavy atom. The molecule has 0 atom stereocenters. The number of ether oxygens (including phenoxy) is 1. The Morgan fingerprint density at radius 3 is 2.57 bits per heavy atom. The van der Waals surface area contributed by atoms with Crippen molar-refractivity contribution in [3.8, 4) is 5.75 Å². The van der Waals surface area contributed by atoms with Crippen LogP contribution in [-0.2, 0) is 10.0 Å². The molecule has 0 bridgehead atoms. The quantitative estimate of drug-likeness (QED) is 0.815. The highest BCUT2D eigenvalue weighted by molar-refractivity contribution is 7.89. The maximum atomic E-state index is 11.1. The van der Waals surface area contributed by atoms with Gasteiger partial charge in [0.2, 0.25) is 10.0 Å². The Balaban J connectivity index is 0.00000220. The van der Waals surface area contributed by atoms with E-state index in [1.54, 1.807) is 12.1 Å². The molecule has 1 saturated heterocycles. The zero-order chi connectivity index (χ0) is 14.4. The molecule has 1 aromatic carbocycles. The average molecular weight is 336 g/mol. The van der Waals surface area contributed by atoms with Crippen LogP contribution in [0.3, 0.4) is 0 Å². The lowest BCUT2D eigenvalue weighted by atomic mass is 10.3. The van der Waals surface area contributed by atoms with Gasteiger partial charge in [-0.1, -0.05) is 0 Å². The number of hydrogen-bond donors (Lipinski definition) is 2. The lowest BCUT2D eigenvalue weighted by Gasteiger charge is -2.19. The van der Waals surface area contributed by atoms with Gasteiger partial charge in [-0.05, 0) is 43.8 Å². The minimum Gasteiger partial charge on any atom is -0.492 e. The fourth-order valence-corrected chi connectivity index (χ4v) is 2.66. The molecular weight excluding hydrogens is 314 g/mol. The third kappa shape index (κ3) is 6.19. The van der Waals surface area contributed by atoms with E-state index in [0.29, 0.717) is 12.4 Å². The van der Waals surface area contributed by atoms with Crippen molar-refractivity contribution < 1.29 is 13.2 Å². The zero-order valence-corrected chi connectivity index (χ0v) is 13.5. The second-order valence-electron chi connectivity index (χ2n) is 4.81. The molecular formula is C13H22ClN3O3S. The first-order valence-corrected chi connectivity index (χ1v) is 8.29. The van der Waals surface area contributed by atoms with E-state index in [4.69, 9.17) is 9.88 Å². The number of halogens is 1. The van der Waals surface area contributed by atoms with Crippen molar-refractivity contribution in [3.63, 3.8) is 0 Å². The Kier molecular flexibility index (Phi) is 7.41. The number of nitrogens with zero attached hydrogens (tertiary/aromatic N) is 1. The minimum absolute atomic E-state index is 0. The van der Waals surface area contributed by atoms with Crippen LogP contribution in [-0.4, -0.2) is 52.6 Å². The molecule has 0 saturated carbocycles. The van der Waals surface area contributed by atoms with Crippen LogP contribution < -0.4 is 15.2 Å². The standard InChI is InChI=1S/C13H21N3O3S.ClH/c14-20(17,18)13-4-2-12(3-5-13)19-11-10-16-8-1-6-15-7-9-16;/h2-5,15H,1,6-11H2,(H2,14,17,18);1H. The van der Waals surface area contributed by atoms with Crippen LogP contribution in [0.5, 0.6) is 5.75 Å². The number of nitrogens with one attached hydrogen (secondary N) is 1. The molecule has 0 unspecified atom stereocenters. The molecule has 6 nitrogen and oxygen atoms in total. The summed E-state index contributed by atoms with van der Waals surface area (Å²) in [5.74, 6) is 0.658. The van der Waals surface area contributed by atoms with Crippen molar-refractivity contribution in [3.05, 3.63) is 24.3 Å². The predicted molar refractivity (Wildman–Crippen MR) is 84.5 cm³/mol. The smallest absolute Gasteiger partial charge is 0.238 e. The molecule has 21 heavy (non-hydrogen) atoms. The molecule has 1 aromatic rings. The van der Waals surface area contributed by atoms with E-state index in [1.165, 1.54) is 12.1 Å². The van der Waals surface area contributed by atoms with Crippen molar-refractivity contribution in [1.29, 1.82) is 0 Å². The molecule has 1 fully saturated rings. The third-order valence-corrected chi connectivity index (χ3v) is 4.19. The van der Waals surface area contributed by atoms with Gasteiger partial charge >= 0.3 is 0 Å². The van der Waals surface area contributed by atoms with Crippen molar-refractivity contribution in [2.24, 2.45) is 5.14 Å². The maximum absolute atomic E-state index is 11.1. The lowest BCUT2D eigenvalue weighted by molar-refractivity contribution is 0.217. The van der Waals surface area contributed by atoms with Crippen LogP contribution in [0, 0.1) is 0 Å². The van der Waals surface area contributed by atoms with Crippen molar-refractivity contribution in [2.75, 3.05) is 39.3 Å². The van der Waals surface area contributed by atoms with E-state index in [9.17, 15) is 8.42 Å². The normalized spacial score (nSPS) is 16.8. The minimum atomic E-state index is -3.63. The highest BCUT2D eigenvalue weighted by Gasteiger charge is 2.09. The Hall–Kier alpha value is -0.860. The molecule has 0 radical (unpaired) electrons. The first-order valence-electron chi connectivity index (χ1n) is 6.74. The lowest BCUT2D eigenvalue weighted by Crippen LogP contribution is -2.31. The Bertz CT molecular complexity index is 514. The second-order valence-corrected chi connectivity index (χ2v) is 6.37. The number of benzene rings is 1. The highest BCUT2D eigenvalue weighted by atomic mass is 35.5. The SMILES string of the molecule is Cl.NS(=O)(=O)c1ccc(OCCN2CCCNCC2)cc1.